The number of benzene rings is 2. The van der Waals surface area contributed by atoms with E-state index in [1.54, 1.807) is 24.3 Å². The minimum atomic E-state index is -0.964. The Morgan fingerprint density at radius 3 is 1.89 bits per heavy atom. The number of carboxylic acids is 1. The van der Waals surface area contributed by atoms with E-state index in [0.29, 0.717) is 5.75 Å². The van der Waals surface area contributed by atoms with Gasteiger partial charge in [0.25, 0.3) is 0 Å². The maximum absolute atomic E-state index is 10.0. The average Bonchev–Trinajstić information content (AvgIpc) is 2.39. The van der Waals surface area contributed by atoms with Gasteiger partial charge in [0.05, 0.1) is 0 Å². The zero-order valence-corrected chi connectivity index (χ0v) is 10.4. The Morgan fingerprint density at radius 1 is 1.00 bits per heavy atom. The molecule has 0 aliphatic carbocycles. The number of para-hydroxylation sites is 1. The first-order chi connectivity index (χ1) is 8.68. The Bertz CT molecular complexity index is 457. The van der Waals surface area contributed by atoms with Crippen LogP contribution in [-0.4, -0.2) is 17.7 Å². The quantitative estimate of drug-likeness (QED) is 0.923. The maximum atomic E-state index is 10.0. The molecule has 0 aliphatic heterocycles. The van der Waals surface area contributed by atoms with E-state index in [0.717, 1.165) is 5.02 Å². The second-order valence-corrected chi connectivity index (χ2v) is 3.73. The summed E-state index contributed by atoms with van der Waals surface area (Å²) in [4.78, 5) is 10.0. The van der Waals surface area contributed by atoms with Crippen molar-refractivity contribution in [2.75, 3.05) is 6.61 Å². The summed E-state index contributed by atoms with van der Waals surface area (Å²) in [6.07, 6.45) is 0. The van der Waals surface area contributed by atoms with Gasteiger partial charge in [-0.2, -0.15) is 0 Å². The minimum absolute atomic E-state index is 0.288. The molecular formula is C14H13ClO3. The Morgan fingerprint density at radius 2 is 1.50 bits per heavy atom. The molecule has 3 nitrogen and oxygen atoms in total. The van der Waals surface area contributed by atoms with E-state index in [9.17, 15) is 4.79 Å². The Hall–Kier alpha value is -2.00. The number of aliphatic carboxylic acids is 1. The number of carboxylic acid groups (broad SMARTS) is 1. The third kappa shape index (κ3) is 6.55. The first-order valence-corrected chi connectivity index (χ1v) is 5.66. The molecule has 0 aromatic heterocycles. The molecule has 0 spiro atoms. The van der Waals surface area contributed by atoms with Gasteiger partial charge in [-0.05, 0) is 24.3 Å². The van der Waals surface area contributed by atoms with E-state index in [-0.39, 0.29) is 6.61 Å². The fourth-order valence-electron chi connectivity index (χ4n) is 1.08. The zero-order chi connectivity index (χ0) is 13.2. The van der Waals surface area contributed by atoms with Gasteiger partial charge < -0.3 is 9.84 Å². The molecule has 1 N–H and O–H groups in total. The van der Waals surface area contributed by atoms with E-state index in [1.165, 1.54) is 0 Å². The van der Waals surface area contributed by atoms with Gasteiger partial charge in [-0.1, -0.05) is 48.0 Å². The lowest BCUT2D eigenvalue weighted by Crippen LogP contribution is -2.09. The van der Waals surface area contributed by atoms with Crippen LogP contribution >= 0.6 is 11.6 Å². The Balaban J connectivity index is 0.000000199. The van der Waals surface area contributed by atoms with Crippen LogP contribution in [0, 0.1) is 0 Å². The van der Waals surface area contributed by atoms with E-state index in [4.69, 9.17) is 21.4 Å². The summed E-state index contributed by atoms with van der Waals surface area (Å²) >= 11 is 5.54. The van der Waals surface area contributed by atoms with Gasteiger partial charge in [0.15, 0.2) is 6.61 Å². The van der Waals surface area contributed by atoms with Gasteiger partial charge in [0.2, 0.25) is 0 Å². The Kier molecular flexibility index (Phi) is 6.36. The first-order valence-electron chi connectivity index (χ1n) is 5.28. The number of carbonyl (C=O) groups is 1. The van der Waals surface area contributed by atoms with E-state index >= 15 is 0 Å². The summed E-state index contributed by atoms with van der Waals surface area (Å²) in [7, 11) is 0. The molecule has 0 radical (unpaired) electrons. The largest absolute Gasteiger partial charge is 0.482 e. The van der Waals surface area contributed by atoms with Crippen molar-refractivity contribution < 1.29 is 14.6 Å². The highest BCUT2D eigenvalue weighted by molar-refractivity contribution is 6.30. The molecule has 0 amide bonds. The lowest BCUT2D eigenvalue weighted by Gasteiger charge is -2.00. The molecule has 2 aromatic carbocycles. The summed E-state index contributed by atoms with van der Waals surface area (Å²) < 4.78 is 4.87. The number of halogens is 1. The van der Waals surface area contributed by atoms with Crippen LogP contribution in [0.5, 0.6) is 5.75 Å². The fraction of sp³-hybridized carbons (Fsp3) is 0.0714. The number of rotatable bonds is 3. The maximum Gasteiger partial charge on any atom is 0.341 e. The smallest absolute Gasteiger partial charge is 0.341 e. The van der Waals surface area contributed by atoms with Crippen molar-refractivity contribution in [2.45, 2.75) is 0 Å². The van der Waals surface area contributed by atoms with Crippen molar-refractivity contribution in [1.82, 2.24) is 0 Å². The van der Waals surface area contributed by atoms with Gasteiger partial charge in [-0.25, -0.2) is 4.79 Å². The Labute approximate surface area is 111 Å². The van der Waals surface area contributed by atoms with Gasteiger partial charge in [0.1, 0.15) is 5.75 Å². The number of hydrogen-bond acceptors (Lipinski definition) is 2. The summed E-state index contributed by atoms with van der Waals surface area (Å²) in [6, 6.07) is 18.3. The van der Waals surface area contributed by atoms with E-state index < -0.39 is 5.97 Å². The standard InChI is InChI=1S/C8H8O3.C6H5Cl/c9-8(10)6-11-7-4-2-1-3-5-7;7-6-4-2-1-3-5-6/h1-5H,6H2,(H,9,10);1-5H. The van der Waals surface area contributed by atoms with Crippen molar-refractivity contribution in [3.8, 4) is 5.75 Å². The number of hydrogen-bond donors (Lipinski definition) is 1. The van der Waals surface area contributed by atoms with Crippen LogP contribution in [-0.2, 0) is 4.79 Å². The molecule has 0 saturated carbocycles. The third-order valence-electron chi connectivity index (χ3n) is 1.84. The van der Waals surface area contributed by atoms with Crippen LogP contribution in [0.25, 0.3) is 0 Å². The van der Waals surface area contributed by atoms with E-state index in [1.807, 2.05) is 36.4 Å². The molecule has 0 bridgehead atoms. The summed E-state index contributed by atoms with van der Waals surface area (Å²) in [5, 5.41) is 9.04. The van der Waals surface area contributed by atoms with Gasteiger partial charge in [-0.15, -0.1) is 0 Å². The van der Waals surface area contributed by atoms with Crippen molar-refractivity contribution in [3.63, 3.8) is 0 Å². The van der Waals surface area contributed by atoms with Gasteiger partial charge in [-0.3, -0.25) is 0 Å². The van der Waals surface area contributed by atoms with Gasteiger partial charge in [0, 0.05) is 5.02 Å². The highest BCUT2D eigenvalue weighted by Gasteiger charge is 1.96. The highest BCUT2D eigenvalue weighted by atomic mass is 35.5. The molecular weight excluding hydrogens is 252 g/mol. The normalized spacial score (nSPS) is 8.94. The van der Waals surface area contributed by atoms with Crippen LogP contribution in [0.15, 0.2) is 60.7 Å². The molecule has 0 fully saturated rings. The monoisotopic (exact) mass is 264 g/mol. The fourth-order valence-corrected chi connectivity index (χ4v) is 1.22. The van der Waals surface area contributed by atoms with Crippen molar-refractivity contribution in [2.24, 2.45) is 0 Å². The predicted molar refractivity (Wildman–Crippen MR) is 71.0 cm³/mol. The van der Waals surface area contributed by atoms with Crippen LogP contribution in [0.1, 0.15) is 0 Å². The summed E-state index contributed by atoms with van der Waals surface area (Å²) in [5.41, 5.74) is 0. The topological polar surface area (TPSA) is 46.5 Å². The molecule has 0 aliphatic rings. The van der Waals surface area contributed by atoms with Crippen LogP contribution in [0.4, 0.5) is 0 Å². The second kappa shape index (κ2) is 8.14. The SMILES string of the molecule is Clc1ccccc1.O=C(O)COc1ccccc1. The van der Waals surface area contributed by atoms with Gasteiger partial charge >= 0.3 is 5.97 Å². The summed E-state index contributed by atoms with van der Waals surface area (Å²) in [5.74, 6) is -0.385. The highest BCUT2D eigenvalue weighted by Crippen LogP contribution is 2.07. The third-order valence-corrected chi connectivity index (χ3v) is 2.09. The number of ether oxygens (including phenoxy) is 1. The molecule has 2 rings (SSSR count). The summed E-state index contributed by atoms with van der Waals surface area (Å²) in [6.45, 7) is -0.288. The zero-order valence-electron chi connectivity index (χ0n) is 9.62. The van der Waals surface area contributed by atoms with Crippen molar-refractivity contribution in [1.29, 1.82) is 0 Å². The molecule has 0 heterocycles. The van der Waals surface area contributed by atoms with Crippen LogP contribution in [0.3, 0.4) is 0 Å². The first kappa shape index (κ1) is 14.1. The van der Waals surface area contributed by atoms with Crippen molar-refractivity contribution in [3.05, 3.63) is 65.7 Å². The molecule has 0 saturated heterocycles. The predicted octanol–water partition coefficient (Wildman–Crippen LogP) is 3.49. The van der Waals surface area contributed by atoms with Crippen LogP contribution in [0.2, 0.25) is 5.02 Å². The lowest BCUT2D eigenvalue weighted by atomic mass is 10.3. The molecule has 94 valence electrons. The molecule has 4 heteroatoms. The molecule has 0 atom stereocenters. The van der Waals surface area contributed by atoms with Crippen molar-refractivity contribution >= 4 is 17.6 Å². The molecule has 2 aromatic rings. The average molecular weight is 265 g/mol. The molecule has 0 unspecified atom stereocenters. The second-order valence-electron chi connectivity index (χ2n) is 3.29. The van der Waals surface area contributed by atoms with Crippen LogP contribution < -0.4 is 4.74 Å². The van der Waals surface area contributed by atoms with E-state index in [2.05, 4.69) is 0 Å². The minimum Gasteiger partial charge on any atom is -0.482 e. The lowest BCUT2D eigenvalue weighted by molar-refractivity contribution is -0.139. The molecule has 18 heavy (non-hydrogen) atoms.